The van der Waals surface area contributed by atoms with E-state index in [1.807, 2.05) is 0 Å². The highest BCUT2D eigenvalue weighted by Crippen LogP contribution is 2.57. The summed E-state index contributed by atoms with van der Waals surface area (Å²) in [6.07, 6.45) is 6.62. The van der Waals surface area contributed by atoms with E-state index in [2.05, 4.69) is 20.8 Å². The lowest BCUT2D eigenvalue weighted by Crippen LogP contribution is -2.46. The van der Waals surface area contributed by atoms with E-state index in [-0.39, 0.29) is 18.0 Å². The molecule has 0 aromatic carbocycles. The van der Waals surface area contributed by atoms with Crippen molar-refractivity contribution in [1.82, 2.24) is 0 Å². The third kappa shape index (κ3) is 1.63. The minimum atomic E-state index is 0.0508. The largest absolute Gasteiger partial charge is 0.462 e. The summed E-state index contributed by atoms with van der Waals surface area (Å²) in [7, 11) is 0. The van der Waals surface area contributed by atoms with E-state index in [1.54, 1.807) is 0 Å². The van der Waals surface area contributed by atoms with Crippen molar-refractivity contribution in [1.29, 1.82) is 0 Å². The fourth-order valence-electron chi connectivity index (χ4n) is 4.81. The standard InChI is InChI=1S/C15H24O2/c1-9-5-4-6-15(3)8-13-11(7-12(9)15)10(2)14(16)17-13/h9-13H,4-8H2,1-3H3/t9-,10+,11+,12-,13-,15+/m0/s1. The molecule has 0 unspecified atom stereocenters. The molecule has 0 bridgehead atoms. The Hall–Kier alpha value is -0.530. The Morgan fingerprint density at radius 1 is 1.35 bits per heavy atom. The highest BCUT2D eigenvalue weighted by Gasteiger charge is 2.54. The Morgan fingerprint density at radius 3 is 2.88 bits per heavy atom. The van der Waals surface area contributed by atoms with E-state index in [0.29, 0.717) is 11.3 Å². The van der Waals surface area contributed by atoms with Crippen LogP contribution in [0.5, 0.6) is 0 Å². The van der Waals surface area contributed by atoms with E-state index in [9.17, 15) is 4.79 Å². The summed E-state index contributed by atoms with van der Waals surface area (Å²) in [5.41, 5.74) is 0.434. The van der Waals surface area contributed by atoms with Crippen LogP contribution in [0.3, 0.4) is 0 Å². The predicted molar refractivity (Wildman–Crippen MR) is 66.4 cm³/mol. The number of esters is 1. The smallest absolute Gasteiger partial charge is 0.309 e. The number of hydrogen-bond donors (Lipinski definition) is 0. The molecule has 2 saturated carbocycles. The lowest BCUT2D eigenvalue weighted by molar-refractivity contribution is -0.146. The maximum Gasteiger partial charge on any atom is 0.309 e. The van der Waals surface area contributed by atoms with Gasteiger partial charge in [-0.2, -0.15) is 0 Å². The van der Waals surface area contributed by atoms with Gasteiger partial charge >= 0.3 is 5.97 Å². The van der Waals surface area contributed by atoms with Crippen molar-refractivity contribution in [3.63, 3.8) is 0 Å². The van der Waals surface area contributed by atoms with Gasteiger partial charge in [0.25, 0.3) is 0 Å². The Bertz CT molecular complexity index is 338. The van der Waals surface area contributed by atoms with Crippen molar-refractivity contribution in [2.75, 3.05) is 0 Å². The molecule has 3 fully saturated rings. The maximum absolute atomic E-state index is 11.7. The fraction of sp³-hybridized carbons (Fsp3) is 0.933. The van der Waals surface area contributed by atoms with Gasteiger partial charge in [0.05, 0.1) is 5.92 Å². The molecule has 0 aromatic rings. The summed E-state index contributed by atoms with van der Waals surface area (Å²) in [6.45, 7) is 6.90. The van der Waals surface area contributed by atoms with Crippen LogP contribution in [0.15, 0.2) is 0 Å². The van der Waals surface area contributed by atoms with Gasteiger partial charge in [0, 0.05) is 5.92 Å². The van der Waals surface area contributed by atoms with Crippen LogP contribution in [0.2, 0.25) is 0 Å². The Balaban J connectivity index is 1.86. The van der Waals surface area contributed by atoms with Gasteiger partial charge in [-0.3, -0.25) is 4.79 Å². The number of carbonyl (C=O) groups excluding carboxylic acids is 1. The second kappa shape index (κ2) is 3.73. The highest BCUT2D eigenvalue weighted by molar-refractivity contribution is 5.74. The monoisotopic (exact) mass is 236 g/mol. The molecule has 17 heavy (non-hydrogen) atoms. The van der Waals surface area contributed by atoms with Gasteiger partial charge in [0.15, 0.2) is 0 Å². The topological polar surface area (TPSA) is 26.3 Å². The molecule has 1 aliphatic heterocycles. The van der Waals surface area contributed by atoms with Crippen LogP contribution in [0.1, 0.15) is 52.9 Å². The maximum atomic E-state index is 11.7. The van der Waals surface area contributed by atoms with Gasteiger partial charge in [-0.25, -0.2) is 0 Å². The molecule has 2 nitrogen and oxygen atoms in total. The first kappa shape index (κ1) is 11.6. The van der Waals surface area contributed by atoms with Crippen LogP contribution >= 0.6 is 0 Å². The Labute approximate surface area is 104 Å². The van der Waals surface area contributed by atoms with Crippen molar-refractivity contribution in [3.05, 3.63) is 0 Å². The van der Waals surface area contributed by atoms with Crippen molar-refractivity contribution in [3.8, 4) is 0 Å². The van der Waals surface area contributed by atoms with Gasteiger partial charge in [-0.15, -0.1) is 0 Å². The van der Waals surface area contributed by atoms with Gasteiger partial charge in [0.1, 0.15) is 6.10 Å². The van der Waals surface area contributed by atoms with Crippen molar-refractivity contribution in [2.45, 2.75) is 59.0 Å². The third-order valence-electron chi connectivity index (χ3n) is 5.94. The zero-order valence-corrected chi connectivity index (χ0v) is 11.2. The third-order valence-corrected chi connectivity index (χ3v) is 5.94. The van der Waals surface area contributed by atoms with E-state index in [4.69, 9.17) is 4.74 Å². The Morgan fingerprint density at radius 2 is 2.12 bits per heavy atom. The summed E-state index contributed by atoms with van der Waals surface area (Å²) < 4.78 is 5.59. The summed E-state index contributed by atoms with van der Waals surface area (Å²) >= 11 is 0. The van der Waals surface area contributed by atoms with E-state index in [1.165, 1.54) is 25.7 Å². The van der Waals surface area contributed by atoms with Gasteiger partial charge in [0.2, 0.25) is 0 Å². The minimum absolute atomic E-state index is 0.0508. The SMILES string of the molecule is C[C@H]1CCC[C@]2(C)C[C@@H]3OC(=O)[C@H](C)[C@H]3C[C@@H]12. The molecular formula is C15H24O2. The predicted octanol–water partition coefficient (Wildman–Crippen LogP) is 3.40. The first-order valence-electron chi connectivity index (χ1n) is 7.22. The molecule has 0 amide bonds. The number of ether oxygens (including phenoxy) is 1. The second-order valence-corrected chi connectivity index (χ2v) is 7.00. The molecule has 3 aliphatic rings. The molecule has 2 heteroatoms. The molecule has 1 heterocycles. The molecule has 2 aliphatic carbocycles. The van der Waals surface area contributed by atoms with Crippen LogP contribution in [0.25, 0.3) is 0 Å². The van der Waals surface area contributed by atoms with Crippen LogP contribution in [-0.4, -0.2) is 12.1 Å². The molecule has 96 valence electrons. The molecular weight excluding hydrogens is 212 g/mol. The first-order valence-corrected chi connectivity index (χ1v) is 7.22. The summed E-state index contributed by atoms with van der Waals surface area (Å²) in [5, 5.41) is 0. The highest BCUT2D eigenvalue weighted by atomic mass is 16.6. The molecule has 0 spiro atoms. The quantitative estimate of drug-likeness (QED) is 0.603. The number of carbonyl (C=O) groups is 1. The normalized spacial score (nSPS) is 53.8. The lowest BCUT2D eigenvalue weighted by atomic mass is 9.54. The van der Waals surface area contributed by atoms with Gasteiger partial charge in [-0.1, -0.05) is 33.6 Å². The summed E-state index contributed by atoms with van der Waals surface area (Å²) in [5.74, 6) is 2.33. The lowest BCUT2D eigenvalue weighted by Gasteiger charge is -2.51. The van der Waals surface area contributed by atoms with Crippen LogP contribution in [-0.2, 0) is 9.53 Å². The number of hydrogen-bond acceptors (Lipinski definition) is 2. The summed E-state index contributed by atoms with van der Waals surface area (Å²) in [4.78, 5) is 11.7. The van der Waals surface area contributed by atoms with Crippen molar-refractivity contribution < 1.29 is 9.53 Å². The molecule has 0 aromatic heterocycles. The van der Waals surface area contributed by atoms with E-state index in [0.717, 1.165) is 18.3 Å². The fourth-order valence-corrected chi connectivity index (χ4v) is 4.81. The van der Waals surface area contributed by atoms with Crippen LogP contribution in [0.4, 0.5) is 0 Å². The molecule has 3 rings (SSSR count). The first-order chi connectivity index (χ1) is 8.01. The van der Waals surface area contributed by atoms with E-state index >= 15 is 0 Å². The van der Waals surface area contributed by atoms with E-state index < -0.39 is 0 Å². The molecule has 6 atom stereocenters. The number of rotatable bonds is 0. The average Bonchev–Trinajstić information content (AvgIpc) is 2.52. The minimum Gasteiger partial charge on any atom is -0.462 e. The van der Waals surface area contributed by atoms with Gasteiger partial charge < -0.3 is 4.74 Å². The zero-order valence-electron chi connectivity index (χ0n) is 11.2. The Kier molecular flexibility index (Phi) is 2.53. The van der Waals surface area contributed by atoms with Gasteiger partial charge in [-0.05, 0) is 36.5 Å². The molecule has 0 N–H and O–H groups in total. The summed E-state index contributed by atoms with van der Waals surface area (Å²) in [6, 6.07) is 0. The van der Waals surface area contributed by atoms with Crippen molar-refractivity contribution in [2.24, 2.45) is 29.1 Å². The van der Waals surface area contributed by atoms with Crippen molar-refractivity contribution >= 4 is 5.97 Å². The second-order valence-electron chi connectivity index (χ2n) is 7.00. The number of fused-ring (bicyclic) bond motifs is 2. The average molecular weight is 236 g/mol. The molecule has 1 saturated heterocycles. The van der Waals surface area contributed by atoms with Crippen LogP contribution in [0, 0.1) is 29.1 Å². The molecule has 0 radical (unpaired) electrons. The zero-order chi connectivity index (χ0) is 12.2. The van der Waals surface area contributed by atoms with Crippen LogP contribution < -0.4 is 0 Å².